The highest BCUT2D eigenvalue weighted by Crippen LogP contribution is 2.40. The summed E-state index contributed by atoms with van der Waals surface area (Å²) >= 11 is 9.64. The number of likely N-dealkylation sites (tertiary alicyclic amines) is 1. The number of benzene rings is 3. The Morgan fingerprint density at radius 2 is 1.51 bits per heavy atom. The number of hydrogen-bond donors (Lipinski definition) is 4. The number of thiophene rings is 2. The number of carbonyl (C=O) groups is 4. The van der Waals surface area contributed by atoms with Crippen LogP contribution >= 0.6 is 34.3 Å². The fraction of sp³-hybridized carbons (Fsp3) is 0.421. The van der Waals surface area contributed by atoms with Crippen LogP contribution in [0.25, 0.3) is 15.4 Å². The molecular weight excluding hydrogens is 1020 g/mol. The zero-order valence-electron chi connectivity index (χ0n) is 44.2. The Kier molecular flexibility index (Phi) is 16.9. The molecule has 4 amide bonds. The summed E-state index contributed by atoms with van der Waals surface area (Å²) in [6.07, 6.45) is -0.649. The molecule has 0 radical (unpaired) electrons. The Morgan fingerprint density at radius 1 is 0.842 bits per heavy atom. The van der Waals surface area contributed by atoms with E-state index in [4.69, 9.17) is 21.3 Å². The number of β-amino-alcohol motifs (C(OH)–C–C–N with tert-alkyl or cyclic N) is 1. The Balaban J connectivity index is 0.708. The number of rotatable bonds is 17. The summed E-state index contributed by atoms with van der Waals surface area (Å²) in [6, 6.07) is 23.7. The topological polar surface area (TPSA) is 187 Å². The van der Waals surface area contributed by atoms with Gasteiger partial charge in [-0.25, -0.2) is 0 Å². The van der Waals surface area contributed by atoms with Crippen LogP contribution in [0.5, 0.6) is 0 Å². The molecule has 76 heavy (non-hydrogen) atoms. The smallest absolute Gasteiger partial charge is 0.246 e. The molecule has 0 spiro atoms. The average molecular weight is 1090 g/mol. The van der Waals surface area contributed by atoms with Gasteiger partial charge in [-0.15, -0.1) is 32.9 Å². The number of aliphatic hydroxyl groups excluding tert-OH is 1. The lowest BCUT2D eigenvalue weighted by atomic mass is 9.85. The van der Waals surface area contributed by atoms with Crippen LogP contribution in [-0.4, -0.2) is 130 Å². The highest BCUT2D eigenvalue weighted by atomic mass is 35.5. The van der Waals surface area contributed by atoms with Gasteiger partial charge in [0, 0.05) is 90.4 Å². The number of carbonyl (C=O) groups excluding carboxylic acids is 4. The van der Waals surface area contributed by atoms with Crippen LogP contribution in [-0.2, 0) is 37.0 Å². The second-order valence-corrected chi connectivity index (χ2v) is 23.6. The van der Waals surface area contributed by atoms with Crippen molar-refractivity contribution in [2.24, 2.45) is 10.4 Å². The molecule has 19 heteroatoms. The van der Waals surface area contributed by atoms with Crippen LogP contribution in [0, 0.1) is 33.1 Å². The summed E-state index contributed by atoms with van der Waals surface area (Å²) in [5.74, 6) is 0.0395. The van der Waals surface area contributed by atoms with Crippen LogP contribution in [0.1, 0.15) is 89.6 Å². The molecule has 6 heterocycles. The van der Waals surface area contributed by atoms with Crippen molar-refractivity contribution in [2.75, 3.05) is 57.4 Å². The van der Waals surface area contributed by atoms with Crippen molar-refractivity contribution in [1.29, 1.82) is 0 Å². The van der Waals surface area contributed by atoms with Gasteiger partial charge in [-0.1, -0.05) is 80.9 Å². The maximum Gasteiger partial charge on any atom is 0.246 e. The van der Waals surface area contributed by atoms with Gasteiger partial charge in [0.2, 0.25) is 23.6 Å². The zero-order valence-corrected chi connectivity index (χ0v) is 46.6. The van der Waals surface area contributed by atoms with Crippen molar-refractivity contribution < 1.29 is 29.0 Å². The lowest BCUT2D eigenvalue weighted by molar-refractivity contribution is -0.144. The lowest BCUT2D eigenvalue weighted by Crippen LogP contribution is -2.58. The number of halogens is 1. The Hall–Kier alpha value is -6.28. The second kappa shape index (κ2) is 23.5. The molecule has 3 aromatic heterocycles. The number of fused-ring (bicyclic) bond motifs is 3. The van der Waals surface area contributed by atoms with Gasteiger partial charge in [0.15, 0.2) is 5.82 Å². The Morgan fingerprint density at radius 3 is 2.18 bits per heavy atom. The van der Waals surface area contributed by atoms with Gasteiger partial charge >= 0.3 is 0 Å². The summed E-state index contributed by atoms with van der Waals surface area (Å²) in [7, 11) is 0. The predicted molar refractivity (Wildman–Crippen MR) is 300 cm³/mol. The molecule has 6 aromatic rings. The first-order chi connectivity index (χ1) is 36.4. The summed E-state index contributed by atoms with van der Waals surface area (Å²) in [5, 5.41) is 32.3. The van der Waals surface area contributed by atoms with Gasteiger partial charge in [-0.3, -0.25) is 33.6 Å². The molecule has 0 aliphatic carbocycles. The Labute approximate surface area is 457 Å². The standard InChI is InChI=1S/C57H67ClN10O6S2/c1-34-20-27-75-51(34)41-12-8-38(9-13-41)31-60-54(72)46-28-44(69)32-67(46)55(73)52(57(5,6)7)62-48(71)33-74-26-25-65-21-23-66(24-22-65)43-18-10-39(11-19-43)30-59-47(70)29-45-53-64-63-37(4)68(53)56-49(35(2)36(3)76-56)50(61-45)40-14-16-42(58)17-15-40/h8-20,27,44-46,52,69H,21-26,28-33H2,1-7H3,(H,59,70)(H,60,72)(H,62,71)/t44-,45+,46+,52-/m1/s1. The number of anilines is 1. The molecule has 0 unspecified atom stereocenters. The van der Waals surface area contributed by atoms with E-state index in [1.165, 1.54) is 20.2 Å². The molecule has 3 aliphatic rings. The summed E-state index contributed by atoms with van der Waals surface area (Å²) in [6.45, 7) is 18.5. The van der Waals surface area contributed by atoms with Gasteiger partial charge in [0.25, 0.3) is 0 Å². The number of aliphatic hydroxyl groups is 1. The molecule has 3 aromatic carbocycles. The van der Waals surface area contributed by atoms with Gasteiger partial charge in [0.05, 0.1) is 24.8 Å². The highest BCUT2D eigenvalue weighted by Gasteiger charge is 2.44. The molecule has 4 N–H and O–H groups in total. The predicted octanol–water partition coefficient (Wildman–Crippen LogP) is 7.49. The van der Waals surface area contributed by atoms with Gasteiger partial charge < -0.3 is 35.6 Å². The van der Waals surface area contributed by atoms with Crippen molar-refractivity contribution in [1.82, 2.24) is 40.5 Å². The quantitative estimate of drug-likeness (QED) is 0.0667. The first-order valence-electron chi connectivity index (χ1n) is 25.9. The van der Waals surface area contributed by atoms with E-state index in [1.807, 2.05) is 92.9 Å². The van der Waals surface area contributed by atoms with E-state index >= 15 is 0 Å². The number of aromatic nitrogens is 3. The number of nitrogens with zero attached hydrogens (tertiary/aromatic N) is 7. The van der Waals surface area contributed by atoms with Crippen molar-refractivity contribution in [3.63, 3.8) is 0 Å². The van der Waals surface area contributed by atoms with Crippen LogP contribution in [0.2, 0.25) is 5.02 Å². The van der Waals surface area contributed by atoms with Crippen LogP contribution in [0.4, 0.5) is 5.69 Å². The molecular formula is C57H67ClN10O6S2. The summed E-state index contributed by atoms with van der Waals surface area (Å²) < 4.78 is 7.88. The number of ether oxygens (including phenoxy) is 1. The highest BCUT2D eigenvalue weighted by molar-refractivity contribution is 7.15. The Bertz CT molecular complexity index is 3080. The molecule has 9 rings (SSSR count). The zero-order chi connectivity index (χ0) is 53.8. The van der Waals surface area contributed by atoms with E-state index in [0.717, 1.165) is 81.8 Å². The van der Waals surface area contributed by atoms with E-state index < -0.39 is 41.5 Å². The van der Waals surface area contributed by atoms with E-state index in [1.54, 1.807) is 22.7 Å². The van der Waals surface area contributed by atoms with E-state index in [9.17, 15) is 24.3 Å². The first-order valence-corrected chi connectivity index (χ1v) is 27.9. The van der Waals surface area contributed by atoms with E-state index in [0.29, 0.717) is 30.5 Å². The van der Waals surface area contributed by atoms with Gasteiger partial charge in [-0.2, -0.15) is 0 Å². The monoisotopic (exact) mass is 1090 g/mol. The molecule has 2 fully saturated rings. The molecule has 16 nitrogen and oxygen atoms in total. The molecule has 3 aliphatic heterocycles. The number of nitrogens with one attached hydrogen (secondary N) is 3. The van der Waals surface area contributed by atoms with Crippen molar-refractivity contribution in [2.45, 2.75) is 98.6 Å². The maximum absolute atomic E-state index is 14.1. The fourth-order valence-electron chi connectivity index (χ4n) is 10.1. The third kappa shape index (κ3) is 12.4. The fourth-order valence-corrected chi connectivity index (χ4v) is 12.3. The number of hydrogen-bond acceptors (Lipinski definition) is 13. The van der Waals surface area contributed by atoms with Crippen molar-refractivity contribution in [3.05, 3.63) is 139 Å². The molecule has 0 bridgehead atoms. The third-order valence-electron chi connectivity index (χ3n) is 14.5. The molecule has 400 valence electrons. The van der Waals surface area contributed by atoms with E-state index in [2.05, 4.69) is 80.3 Å². The normalized spacial score (nSPS) is 18.1. The number of aliphatic imine (C=N–C) groups is 1. The van der Waals surface area contributed by atoms with Crippen LogP contribution in [0.3, 0.4) is 0 Å². The number of aryl methyl sites for hydroxylation is 3. The molecule has 4 atom stereocenters. The summed E-state index contributed by atoms with van der Waals surface area (Å²) in [5.41, 5.74) is 8.52. The lowest BCUT2D eigenvalue weighted by Gasteiger charge is -2.36. The third-order valence-corrected chi connectivity index (χ3v) is 17.0. The SMILES string of the molecule is Cc1ccsc1-c1ccc(CNC(=O)[C@@H]2C[C@@H](O)CN2C(=O)[C@@H](NC(=O)COCCN2CCN(c3ccc(CNC(=O)C[C@@H]4N=C(c5ccc(Cl)cc5)c5c(sc(C)c5C)-n5c(C)nnc54)cc3)CC2)C(C)(C)C)cc1. The van der Waals surface area contributed by atoms with Gasteiger partial charge in [0.1, 0.15) is 35.6 Å². The summed E-state index contributed by atoms with van der Waals surface area (Å²) in [4.78, 5) is 68.2. The number of amides is 4. The minimum absolute atomic E-state index is 0.000999. The second-order valence-electron chi connectivity index (χ2n) is 21.0. The van der Waals surface area contributed by atoms with Gasteiger partial charge in [-0.05, 0) is 96.6 Å². The number of piperazine rings is 1. The van der Waals surface area contributed by atoms with Crippen molar-refractivity contribution in [3.8, 4) is 15.4 Å². The largest absolute Gasteiger partial charge is 0.391 e. The minimum atomic E-state index is -0.945. The van der Waals surface area contributed by atoms with Crippen LogP contribution < -0.4 is 20.9 Å². The first kappa shape index (κ1) is 54.5. The van der Waals surface area contributed by atoms with E-state index in [-0.39, 0.29) is 44.4 Å². The molecule has 0 saturated carbocycles. The van der Waals surface area contributed by atoms with Crippen molar-refractivity contribution >= 4 is 69.3 Å². The maximum atomic E-state index is 14.1. The minimum Gasteiger partial charge on any atom is -0.391 e. The average Bonchev–Trinajstić information content (AvgIpc) is 4.20. The molecule has 2 saturated heterocycles. The van der Waals surface area contributed by atoms with Crippen LogP contribution in [0.15, 0.2) is 89.2 Å².